The summed E-state index contributed by atoms with van der Waals surface area (Å²) in [4.78, 5) is 38.3. The van der Waals surface area contributed by atoms with Crippen LogP contribution in [-0.2, 0) is 28.6 Å². The smallest absolute Gasteiger partial charge is 0.306 e. The van der Waals surface area contributed by atoms with Crippen LogP contribution in [0.4, 0.5) is 0 Å². The fourth-order valence-corrected chi connectivity index (χ4v) is 11.5. The number of carbonyl (C=O) groups is 3. The molecule has 0 aromatic carbocycles. The van der Waals surface area contributed by atoms with Crippen LogP contribution in [-0.4, -0.2) is 37.2 Å². The molecule has 0 bridgehead atoms. The van der Waals surface area contributed by atoms with Crippen LogP contribution < -0.4 is 0 Å². The molecule has 1 atom stereocenters. The van der Waals surface area contributed by atoms with Gasteiger partial charge in [0.1, 0.15) is 13.2 Å². The van der Waals surface area contributed by atoms with Crippen molar-refractivity contribution in [1.29, 1.82) is 0 Å². The number of carbonyl (C=O) groups excluding carboxylic acids is 3. The lowest BCUT2D eigenvalue weighted by molar-refractivity contribution is -0.167. The van der Waals surface area contributed by atoms with Gasteiger partial charge in [0.05, 0.1) is 0 Å². The monoisotopic (exact) mass is 1130 g/mol. The molecule has 0 amide bonds. The largest absolute Gasteiger partial charge is 0.462 e. The molecule has 0 aromatic rings. The Labute approximate surface area is 501 Å². The second-order valence-electron chi connectivity index (χ2n) is 25.2. The predicted molar refractivity (Wildman–Crippen MR) is 349 cm³/mol. The molecule has 0 aliphatic heterocycles. The highest BCUT2D eigenvalue weighted by Gasteiger charge is 2.20. The third-order valence-electron chi connectivity index (χ3n) is 17.0. The topological polar surface area (TPSA) is 78.9 Å². The Bertz CT molecular complexity index is 1250. The Morgan fingerprint density at radius 3 is 0.625 bits per heavy atom. The van der Waals surface area contributed by atoms with E-state index in [9.17, 15) is 14.4 Å². The van der Waals surface area contributed by atoms with Gasteiger partial charge < -0.3 is 14.2 Å². The van der Waals surface area contributed by atoms with Crippen LogP contribution >= 0.6 is 0 Å². The van der Waals surface area contributed by atoms with E-state index in [2.05, 4.69) is 32.9 Å². The Kier molecular flexibility index (Phi) is 68.0. The number of rotatable bonds is 69. The molecule has 1 unspecified atom stereocenters. The normalized spacial score (nSPS) is 12.0. The second-order valence-corrected chi connectivity index (χ2v) is 25.2. The fourth-order valence-electron chi connectivity index (χ4n) is 11.5. The molecule has 0 aliphatic carbocycles. The molecule has 0 rings (SSSR count). The zero-order valence-electron chi connectivity index (χ0n) is 54.6. The molecule has 0 aromatic heterocycles. The van der Waals surface area contributed by atoms with Crippen LogP contribution in [0.2, 0.25) is 0 Å². The quantitative estimate of drug-likeness (QED) is 0.0261. The zero-order valence-corrected chi connectivity index (χ0v) is 54.6. The standard InChI is InChI=1S/C74H142O6/c1-4-7-10-13-16-19-21-23-25-27-29-31-33-35-36-37-39-40-42-44-46-48-50-52-55-58-61-64-67-73(76)79-70-71(69-78-72(75)66-63-60-57-54-18-15-12-9-6-3)80-74(77)68-65-62-59-56-53-51-49-47-45-43-41-38-34-32-30-28-26-24-22-20-17-14-11-8-5-2/h28,30,71H,4-27,29,31-70H2,1-3H3/b30-28-. The van der Waals surface area contributed by atoms with Crippen molar-refractivity contribution in [2.24, 2.45) is 0 Å². The molecular weight excluding hydrogens is 985 g/mol. The molecule has 0 saturated carbocycles. The summed E-state index contributed by atoms with van der Waals surface area (Å²) in [6.45, 7) is 6.71. The van der Waals surface area contributed by atoms with Crippen molar-refractivity contribution in [2.45, 2.75) is 431 Å². The summed E-state index contributed by atoms with van der Waals surface area (Å²) in [6.07, 6.45) is 84.2. The first-order chi connectivity index (χ1) is 39.5. The van der Waals surface area contributed by atoms with E-state index in [0.29, 0.717) is 19.3 Å². The molecule has 0 aliphatic rings. The van der Waals surface area contributed by atoms with Crippen molar-refractivity contribution in [3.05, 3.63) is 12.2 Å². The molecule has 6 nitrogen and oxygen atoms in total. The van der Waals surface area contributed by atoms with Crippen LogP contribution in [0.25, 0.3) is 0 Å². The maximum Gasteiger partial charge on any atom is 0.306 e. The predicted octanol–water partition coefficient (Wildman–Crippen LogP) is 25.2. The van der Waals surface area contributed by atoms with Crippen molar-refractivity contribution in [3.63, 3.8) is 0 Å². The first-order valence-corrected chi connectivity index (χ1v) is 36.7. The molecule has 474 valence electrons. The molecule has 0 saturated heterocycles. The van der Waals surface area contributed by atoms with E-state index in [0.717, 1.165) is 57.8 Å². The number of esters is 3. The third-order valence-corrected chi connectivity index (χ3v) is 17.0. The summed E-state index contributed by atoms with van der Waals surface area (Å²) in [5, 5.41) is 0. The van der Waals surface area contributed by atoms with Crippen LogP contribution in [0.3, 0.4) is 0 Å². The van der Waals surface area contributed by atoms with E-state index in [1.54, 1.807) is 0 Å². The van der Waals surface area contributed by atoms with Crippen molar-refractivity contribution in [3.8, 4) is 0 Å². The first kappa shape index (κ1) is 78.1. The maximum atomic E-state index is 12.9. The fraction of sp³-hybridized carbons (Fsp3) is 0.932. The zero-order chi connectivity index (χ0) is 57.8. The van der Waals surface area contributed by atoms with Crippen molar-refractivity contribution in [2.75, 3.05) is 13.2 Å². The Balaban J connectivity index is 4.06. The van der Waals surface area contributed by atoms with E-state index in [1.807, 2.05) is 0 Å². The highest BCUT2D eigenvalue weighted by Crippen LogP contribution is 2.19. The van der Waals surface area contributed by atoms with Gasteiger partial charge in [-0.05, 0) is 44.9 Å². The molecule has 0 radical (unpaired) electrons. The number of ether oxygens (including phenoxy) is 3. The maximum absolute atomic E-state index is 12.9. The number of allylic oxidation sites excluding steroid dienone is 2. The van der Waals surface area contributed by atoms with Crippen molar-refractivity contribution in [1.82, 2.24) is 0 Å². The van der Waals surface area contributed by atoms with Gasteiger partial charge in [0.2, 0.25) is 0 Å². The summed E-state index contributed by atoms with van der Waals surface area (Å²) in [6, 6.07) is 0. The number of hydrogen-bond donors (Lipinski definition) is 0. The van der Waals surface area contributed by atoms with Crippen LogP contribution in [0.15, 0.2) is 12.2 Å². The molecule has 0 spiro atoms. The lowest BCUT2D eigenvalue weighted by Crippen LogP contribution is -2.30. The van der Waals surface area contributed by atoms with Gasteiger partial charge in [0.15, 0.2) is 6.10 Å². The van der Waals surface area contributed by atoms with Crippen LogP contribution in [0.5, 0.6) is 0 Å². The SMILES string of the molecule is CCCCCCCCCC/C=C\CCCCCCCCCCCCCCCC(=O)OC(COC(=O)CCCCCCCCCCC)COC(=O)CCCCCCCCCCCCCCCCCCCCCCCCCCCCCC. The third kappa shape index (κ3) is 66.9. The van der Waals surface area contributed by atoms with E-state index >= 15 is 0 Å². The summed E-state index contributed by atoms with van der Waals surface area (Å²) in [7, 11) is 0. The van der Waals surface area contributed by atoms with Crippen LogP contribution in [0.1, 0.15) is 425 Å². The van der Waals surface area contributed by atoms with Gasteiger partial charge >= 0.3 is 17.9 Å². The van der Waals surface area contributed by atoms with Gasteiger partial charge in [-0.3, -0.25) is 14.4 Å². The minimum atomic E-state index is -0.765. The summed E-state index contributed by atoms with van der Waals surface area (Å²) < 4.78 is 17.0. The van der Waals surface area contributed by atoms with Crippen molar-refractivity contribution < 1.29 is 28.6 Å². The molecule has 80 heavy (non-hydrogen) atoms. The Hall–Kier alpha value is -1.85. The minimum Gasteiger partial charge on any atom is -0.462 e. The highest BCUT2D eigenvalue weighted by molar-refractivity contribution is 5.71. The average molecular weight is 1130 g/mol. The molecule has 0 N–H and O–H groups in total. The van der Waals surface area contributed by atoms with Crippen LogP contribution in [0, 0.1) is 0 Å². The second kappa shape index (κ2) is 69.6. The minimum absolute atomic E-state index is 0.0630. The van der Waals surface area contributed by atoms with Gasteiger partial charge in [-0.2, -0.15) is 0 Å². The summed E-state index contributed by atoms with van der Waals surface area (Å²) in [5.41, 5.74) is 0. The van der Waals surface area contributed by atoms with Gasteiger partial charge in [0.25, 0.3) is 0 Å². The Morgan fingerprint density at radius 2 is 0.412 bits per heavy atom. The lowest BCUT2D eigenvalue weighted by atomic mass is 10.0. The molecule has 6 heteroatoms. The van der Waals surface area contributed by atoms with Gasteiger partial charge in [0, 0.05) is 19.3 Å². The summed E-state index contributed by atoms with van der Waals surface area (Å²) >= 11 is 0. The van der Waals surface area contributed by atoms with Gasteiger partial charge in [-0.1, -0.05) is 373 Å². The molecule has 0 heterocycles. The van der Waals surface area contributed by atoms with E-state index in [1.165, 1.54) is 327 Å². The number of hydrogen-bond acceptors (Lipinski definition) is 6. The van der Waals surface area contributed by atoms with E-state index < -0.39 is 6.10 Å². The molecule has 0 fully saturated rings. The molecular formula is C74H142O6. The van der Waals surface area contributed by atoms with E-state index in [-0.39, 0.29) is 31.1 Å². The Morgan fingerprint density at radius 1 is 0.237 bits per heavy atom. The first-order valence-electron chi connectivity index (χ1n) is 36.7. The highest BCUT2D eigenvalue weighted by atomic mass is 16.6. The lowest BCUT2D eigenvalue weighted by Gasteiger charge is -2.18. The van der Waals surface area contributed by atoms with Gasteiger partial charge in [-0.25, -0.2) is 0 Å². The summed E-state index contributed by atoms with van der Waals surface area (Å²) in [5.74, 6) is -0.832. The average Bonchev–Trinajstić information content (AvgIpc) is 3.46. The van der Waals surface area contributed by atoms with Crippen molar-refractivity contribution >= 4 is 17.9 Å². The van der Waals surface area contributed by atoms with Gasteiger partial charge in [-0.15, -0.1) is 0 Å². The number of unbranched alkanes of at least 4 members (excludes halogenated alkanes) is 56. The van der Waals surface area contributed by atoms with E-state index in [4.69, 9.17) is 14.2 Å².